The first-order chi connectivity index (χ1) is 9.86. The van der Waals surface area contributed by atoms with Crippen molar-refractivity contribution >= 4 is 15.7 Å². The molecular weight excluding hydrogens is 293 g/mol. The van der Waals surface area contributed by atoms with Crippen LogP contribution in [0.1, 0.15) is 15.9 Å². The molecule has 1 amide bonds. The van der Waals surface area contributed by atoms with E-state index in [1.165, 1.54) is 36.4 Å². The van der Waals surface area contributed by atoms with Gasteiger partial charge >= 0.3 is 0 Å². The Kier molecular flexibility index (Phi) is 4.37. The highest BCUT2D eigenvalue weighted by molar-refractivity contribution is 7.90. The van der Waals surface area contributed by atoms with Crippen molar-refractivity contribution in [2.75, 3.05) is 6.26 Å². The number of hydrogen-bond donors (Lipinski definition) is 1. The van der Waals surface area contributed by atoms with E-state index in [9.17, 15) is 17.6 Å². The van der Waals surface area contributed by atoms with Gasteiger partial charge in [0.2, 0.25) is 0 Å². The van der Waals surface area contributed by atoms with E-state index in [1.807, 2.05) is 0 Å². The van der Waals surface area contributed by atoms with Gasteiger partial charge in [-0.1, -0.05) is 12.1 Å². The Labute approximate surface area is 122 Å². The first kappa shape index (κ1) is 15.2. The van der Waals surface area contributed by atoms with Gasteiger partial charge in [-0.3, -0.25) is 4.79 Å². The van der Waals surface area contributed by atoms with Gasteiger partial charge in [-0.25, -0.2) is 12.8 Å². The van der Waals surface area contributed by atoms with Crippen molar-refractivity contribution in [3.05, 3.63) is 65.5 Å². The summed E-state index contributed by atoms with van der Waals surface area (Å²) in [5.74, 6) is -0.710. The first-order valence-electron chi connectivity index (χ1n) is 6.19. The van der Waals surface area contributed by atoms with E-state index in [0.29, 0.717) is 11.1 Å². The summed E-state index contributed by atoms with van der Waals surface area (Å²) < 4.78 is 35.6. The molecule has 0 saturated carbocycles. The summed E-state index contributed by atoms with van der Waals surface area (Å²) in [6, 6.07) is 11.6. The summed E-state index contributed by atoms with van der Waals surface area (Å²) >= 11 is 0. The summed E-state index contributed by atoms with van der Waals surface area (Å²) in [4.78, 5) is 12.1. The Morgan fingerprint density at radius 1 is 1.14 bits per heavy atom. The van der Waals surface area contributed by atoms with Crippen LogP contribution in [-0.2, 0) is 16.4 Å². The van der Waals surface area contributed by atoms with Crippen molar-refractivity contribution in [3.63, 3.8) is 0 Å². The highest BCUT2D eigenvalue weighted by Crippen LogP contribution is 2.10. The molecular formula is C15H14FNO3S. The lowest BCUT2D eigenvalue weighted by atomic mass is 10.2. The fourth-order valence-electron chi connectivity index (χ4n) is 1.78. The molecule has 0 aliphatic heterocycles. The number of carbonyl (C=O) groups is 1. The average molecular weight is 307 g/mol. The Morgan fingerprint density at radius 3 is 2.38 bits per heavy atom. The maximum absolute atomic E-state index is 13.0. The van der Waals surface area contributed by atoms with E-state index < -0.39 is 9.84 Å². The third kappa shape index (κ3) is 4.13. The molecule has 0 aromatic heterocycles. The van der Waals surface area contributed by atoms with Gasteiger partial charge in [0, 0.05) is 18.4 Å². The minimum Gasteiger partial charge on any atom is -0.348 e. The molecule has 0 bridgehead atoms. The minimum atomic E-state index is -3.28. The molecule has 4 nitrogen and oxygen atoms in total. The molecule has 0 spiro atoms. The predicted octanol–water partition coefficient (Wildman–Crippen LogP) is 2.16. The SMILES string of the molecule is CS(=O)(=O)c1ccc(C(=O)NCc2cccc(F)c2)cc1. The third-order valence-electron chi connectivity index (χ3n) is 2.89. The van der Waals surface area contributed by atoms with Crippen molar-refractivity contribution in [2.45, 2.75) is 11.4 Å². The Balaban J connectivity index is 2.04. The molecule has 0 aliphatic carbocycles. The Hall–Kier alpha value is -2.21. The van der Waals surface area contributed by atoms with Crippen molar-refractivity contribution in [2.24, 2.45) is 0 Å². The number of sulfone groups is 1. The molecule has 21 heavy (non-hydrogen) atoms. The summed E-state index contributed by atoms with van der Waals surface area (Å²) in [7, 11) is -3.28. The summed E-state index contributed by atoms with van der Waals surface area (Å²) in [5.41, 5.74) is 0.995. The van der Waals surface area contributed by atoms with Crippen molar-refractivity contribution in [1.29, 1.82) is 0 Å². The fraction of sp³-hybridized carbons (Fsp3) is 0.133. The zero-order valence-electron chi connectivity index (χ0n) is 11.3. The monoisotopic (exact) mass is 307 g/mol. The smallest absolute Gasteiger partial charge is 0.251 e. The molecule has 2 rings (SSSR count). The number of halogens is 1. The van der Waals surface area contributed by atoms with Gasteiger partial charge in [0.05, 0.1) is 4.90 Å². The van der Waals surface area contributed by atoms with Crippen molar-refractivity contribution < 1.29 is 17.6 Å². The van der Waals surface area contributed by atoms with Crippen LogP contribution in [0.15, 0.2) is 53.4 Å². The molecule has 1 N–H and O–H groups in total. The topological polar surface area (TPSA) is 63.2 Å². The van der Waals surface area contributed by atoms with Gasteiger partial charge in [-0.05, 0) is 42.0 Å². The van der Waals surface area contributed by atoms with Crippen LogP contribution < -0.4 is 5.32 Å². The second-order valence-corrected chi connectivity index (χ2v) is 6.62. The zero-order valence-corrected chi connectivity index (χ0v) is 12.2. The van der Waals surface area contributed by atoms with Crippen LogP contribution in [0.5, 0.6) is 0 Å². The molecule has 110 valence electrons. The summed E-state index contributed by atoms with van der Waals surface area (Å²) in [6.45, 7) is 0.199. The lowest BCUT2D eigenvalue weighted by molar-refractivity contribution is 0.0950. The molecule has 2 aromatic carbocycles. The molecule has 0 saturated heterocycles. The van der Waals surface area contributed by atoms with E-state index in [1.54, 1.807) is 12.1 Å². The van der Waals surface area contributed by atoms with Crippen molar-refractivity contribution in [3.8, 4) is 0 Å². The third-order valence-corrected chi connectivity index (χ3v) is 4.02. The standard InChI is InChI=1S/C15H14FNO3S/c1-21(19,20)14-7-5-12(6-8-14)15(18)17-10-11-3-2-4-13(16)9-11/h2-9H,10H2,1H3,(H,17,18). The largest absolute Gasteiger partial charge is 0.348 e. The maximum Gasteiger partial charge on any atom is 0.251 e. The predicted molar refractivity (Wildman–Crippen MR) is 77.1 cm³/mol. The molecule has 0 fully saturated rings. The number of rotatable bonds is 4. The molecule has 0 radical (unpaired) electrons. The van der Waals surface area contributed by atoms with Crippen molar-refractivity contribution in [1.82, 2.24) is 5.32 Å². The molecule has 0 heterocycles. The molecule has 2 aromatic rings. The normalized spacial score (nSPS) is 11.1. The number of carbonyl (C=O) groups excluding carboxylic acids is 1. The summed E-state index contributed by atoms with van der Waals surface area (Å²) in [6.07, 6.45) is 1.10. The van der Waals surface area contributed by atoms with E-state index in [4.69, 9.17) is 0 Å². The second kappa shape index (κ2) is 6.05. The fourth-order valence-corrected chi connectivity index (χ4v) is 2.42. The van der Waals surface area contributed by atoms with E-state index in [-0.39, 0.29) is 23.2 Å². The molecule has 0 atom stereocenters. The lowest BCUT2D eigenvalue weighted by Gasteiger charge is -2.06. The Morgan fingerprint density at radius 2 is 1.81 bits per heavy atom. The van der Waals surface area contributed by atoms with Gasteiger partial charge in [-0.15, -0.1) is 0 Å². The van der Waals surface area contributed by atoms with Gasteiger partial charge in [0.25, 0.3) is 5.91 Å². The number of nitrogens with one attached hydrogen (secondary N) is 1. The Bertz CT molecular complexity index is 755. The molecule has 0 aliphatic rings. The molecule has 6 heteroatoms. The second-order valence-electron chi connectivity index (χ2n) is 4.61. The van der Waals surface area contributed by atoms with Gasteiger partial charge < -0.3 is 5.32 Å². The highest BCUT2D eigenvalue weighted by atomic mass is 32.2. The average Bonchev–Trinajstić information content (AvgIpc) is 2.44. The van der Waals surface area contributed by atoms with E-state index in [0.717, 1.165) is 6.26 Å². The van der Waals surface area contributed by atoms with Crippen LogP contribution in [0, 0.1) is 5.82 Å². The minimum absolute atomic E-state index is 0.157. The summed E-state index contributed by atoms with van der Waals surface area (Å²) in [5, 5.41) is 2.65. The lowest BCUT2D eigenvalue weighted by Crippen LogP contribution is -2.22. The van der Waals surface area contributed by atoms with Crippen LogP contribution in [0.3, 0.4) is 0 Å². The number of hydrogen-bond acceptors (Lipinski definition) is 3. The van der Waals surface area contributed by atoms with Crippen LogP contribution >= 0.6 is 0 Å². The number of benzene rings is 2. The number of amides is 1. The van der Waals surface area contributed by atoms with E-state index in [2.05, 4.69) is 5.32 Å². The quantitative estimate of drug-likeness (QED) is 0.941. The van der Waals surface area contributed by atoms with E-state index >= 15 is 0 Å². The zero-order chi connectivity index (χ0) is 15.5. The highest BCUT2D eigenvalue weighted by Gasteiger charge is 2.09. The first-order valence-corrected chi connectivity index (χ1v) is 8.08. The van der Waals surface area contributed by atoms with Crippen LogP contribution in [0.4, 0.5) is 4.39 Å². The van der Waals surface area contributed by atoms with Gasteiger partial charge in [0.1, 0.15) is 5.82 Å². The van der Waals surface area contributed by atoms with Crippen LogP contribution in [0.2, 0.25) is 0 Å². The van der Waals surface area contributed by atoms with Crippen LogP contribution in [0.25, 0.3) is 0 Å². The molecule has 0 unspecified atom stereocenters. The van der Waals surface area contributed by atoms with Gasteiger partial charge in [-0.2, -0.15) is 0 Å². The maximum atomic E-state index is 13.0. The van der Waals surface area contributed by atoms with Gasteiger partial charge in [0.15, 0.2) is 9.84 Å². The van der Waals surface area contributed by atoms with Crippen LogP contribution in [-0.4, -0.2) is 20.6 Å².